The number of hydrogen-bond acceptors (Lipinski definition) is 4. The zero-order valence-corrected chi connectivity index (χ0v) is 17.5. The molecule has 1 atom stereocenters. The molecule has 0 aliphatic rings. The van der Waals surface area contributed by atoms with Crippen LogP contribution in [0, 0.1) is 6.92 Å². The van der Waals surface area contributed by atoms with Gasteiger partial charge in [-0.1, -0.05) is 66.7 Å². The van der Waals surface area contributed by atoms with E-state index in [2.05, 4.69) is 22.8 Å². The van der Waals surface area contributed by atoms with Crippen LogP contribution in [0.5, 0.6) is 0 Å². The molecule has 0 fully saturated rings. The van der Waals surface area contributed by atoms with E-state index >= 15 is 0 Å². The second kappa shape index (κ2) is 9.67. The number of primary sulfonamides is 1. The number of carbonyl (C=O) groups excluding carboxylic acids is 1. The lowest BCUT2D eigenvalue weighted by Gasteiger charge is -2.19. The Bertz CT molecular complexity index is 1100. The Balaban J connectivity index is 1.69. The van der Waals surface area contributed by atoms with Crippen molar-refractivity contribution in [2.24, 2.45) is 5.14 Å². The third-order valence-electron chi connectivity index (χ3n) is 4.77. The van der Waals surface area contributed by atoms with Gasteiger partial charge in [0.2, 0.25) is 15.9 Å². The summed E-state index contributed by atoms with van der Waals surface area (Å²) in [6.07, 6.45) is 0.734. The molecule has 3 aromatic rings. The fourth-order valence-corrected chi connectivity index (χ4v) is 4.06. The molecule has 6 nitrogen and oxygen atoms in total. The summed E-state index contributed by atoms with van der Waals surface area (Å²) in [5.74, 6) is -0.270. The average molecular weight is 424 g/mol. The minimum atomic E-state index is -3.86. The molecule has 0 aliphatic heterocycles. The number of benzene rings is 3. The highest BCUT2D eigenvalue weighted by atomic mass is 32.2. The zero-order chi connectivity index (χ0) is 21.6. The predicted molar refractivity (Wildman–Crippen MR) is 119 cm³/mol. The summed E-state index contributed by atoms with van der Waals surface area (Å²) in [4.78, 5) is 12.5. The summed E-state index contributed by atoms with van der Waals surface area (Å²) in [7, 11) is -3.86. The Morgan fingerprint density at radius 1 is 0.967 bits per heavy atom. The van der Waals surface area contributed by atoms with E-state index in [0.29, 0.717) is 11.3 Å². The molecule has 156 valence electrons. The summed E-state index contributed by atoms with van der Waals surface area (Å²) in [6.45, 7) is 1.73. The Morgan fingerprint density at radius 2 is 1.60 bits per heavy atom. The molecule has 0 aromatic heterocycles. The molecule has 0 bridgehead atoms. The third-order valence-corrected chi connectivity index (χ3v) is 5.82. The molecule has 0 aliphatic carbocycles. The molecule has 7 heteroatoms. The van der Waals surface area contributed by atoms with Gasteiger partial charge in [-0.2, -0.15) is 0 Å². The van der Waals surface area contributed by atoms with Crippen LogP contribution in [-0.4, -0.2) is 20.9 Å². The van der Waals surface area contributed by atoms with Gasteiger partial charge in [0.15, 0.2) is 0 Å². The second-order valence-electron chi connectivity index (χ2n) is 7.11. The fraction of sp³-hybridized carbons (Fsp3) is 0.174. The standard InChI is InChI=1S/C23H25N3O3S/c1-17-12-13-20(15-22(17)30(24,28)29)26-23(27)16-25-21(19-10-6-3-7-11-19)14-18-8-4-2-5-9-18/h2-13,15,21,25H,14,16H2,1H3,(H,26,27)(H2,24,28,29). The number of carbonyl (C=O) groups is 1. The van der Waals surface area contributed by atoms with Crippen LogP contribution in [0.25, 0.3) is 0 Å². The van der Waals surface area contributed by atoms with Gasteiger partial charge in [0.25, 0.3) is 0 Å². The van der Waals surface area contributed by atoms with Crippen LogP contribution >= 0.6 is 0 Å². The van der Waals surface area contributed by atoms with Crippen LogP contribution in [0.3, 0.4) is 0 Å². The Morgan fingerprint density at radius 3 is 2.23 bits per heavy atom. The van der Waals surface area contributed by atoms with Crippen LogP contribution in [0.4, 0.5) is 5.69 Å². The van der Waals surface area contributed by atoms with E-state index in [1.165, 1.54) is 6.07 Å². The molecule has 30 heavy (non-hydrogen) atoms. The van der Waals surface area contributed by atoms with Crippen molar-refractivity contribution >= 4 is 21.6 Å². The van der Waals surface area contributed by atoms with Gasteiger partial charge in [0.1, 0.15) is 0 Å². The van der Waals surface area contributed by atoms with Crippen molar-refractivity contribution in [3.05, 3.63) is 95.6 Å². The quantitative estimate of drug-likeness (QED) is 0.518. The lowest BCUT2D eigenvalue weighted by atomic mass is 9.99. The third kappa shape index (κ3) is 6.00. The lowest BCUT2D eigenvalue weighted by molar-refractivity contribution is -0.115. The molecule has 3 aromatic carbocycles. The van der Waals surface area contributed by atoms with Crippen LogP contribution in [0.15, 0.2) is 83.8 Å². The highest BCUT2D eigenvalue weighted by Crippen LogP contribution is 2.20. The number of amides is 1. The molecule has 0 spiro atoms. The maximum absolute atomic E-state index is 12.5. The first-order valence-electron chi connectivity index (χ1n) is 9.58. The normalized spacial score (nSPS) is 12.3. The molecule has 1 amide bonds. The second-order valence-corrected chi connectivity index (χ2v) is 8.64. The van der Waals surface area contributed by atoms with Gasteiger partial charge in [-0.3, -0.25) is 4.79 Å². The topological polar surface area (TPSA) is 101 Å². The van der Waals surface area contributed by atoms with E-state index in [4.69, 9.17) is 5.14 Å². The van der Waals surface area contributed by atoms with E-state index in [0.717, 1.165) is 17.5 Å². The number of rotatable bonds is 8. The monoisotopic (exact) mass is 423 g/mol. The van der Waals surface area contributed by atoms with Crippen molar-refractivity contribution in [1.29, 1.82) is 0 Å². The zero-order valence-electron chi connectivity index (χ0n) is 16.7. The Kier molecular flexibility index (Phi) is 6.99. The fourth-order valence-electron chi connectivity index (χ4n) is 3.25. The molecule has 0 saturated carbocycles. The van der Waals surface area contributed by atoms with Gasteiger partial charge < -0.3 is 10.6 Å². The summed E-state index contributed by atoms with van der Waals surface area (Å²) < 4.78 is 23.4. The SMILES string of the molecule is Cc1ccc(NC(=O)CNC(Cc2ccccc2)c2ccccc2)cc1S(N)(=O)=O. The highest BCUT2D eigenvalue weighted by Gasteiger charge is 2.15. The molecule has 3 rings (SSSR count). The highest BCUT2D eigenvalue weighted by molar-refractivity contribution is 7.89. The smallest absolute Gasteiger partial charge is 0.238 e. The van der Waals surface area contributed by atoms with Gasteiger partial charge in [-0.25, -0.2) is 13.6 Å². The largest absolute Gasteiger partial charge is 0.325 e. The van der Waals surface area contributed by atoms with Crippen molar-refractivity contribution in [3.8, 4) is 0 Å². The number of hydrogen-bond donors (Lipinski definition) is 3. The van der Waals surface area contributed by atoms with Crippen molar-refractivity contribution in [1.82, 2.24) is 5.32 Å². The van der Waals surface area contributed by atoms with E-state index < -0.39 is 10.0 Å². The summed E-state index contributed by atoms with van der Waals surface area (Å²) in [5.41, 5.74) is 3.16. The van der Waals surface area contributed by atoms with Gasteiger partial charge in [-0.15, -0.1) is 0 Å². The van der Waals surface area contributed by atoms with Crippen molar-refractivity contribution < 1.29 is 13.2 Å². The van der Waals surface area contributed by atoms with Gasteiger partial charge >= 0.3 is 0 Å². The van der Waals surface area contributed by atoms with Crippen LogP contribution < -0.4 is 15.8 Å². The van der Waals surface area contributed by atoms with Crippen LogP contribution in [-0.2, 0) is 21.2 Å². The van der Waals surface area contributed by atoms with E-state index in [-0.39, 0.29) is 23.4 Å². The maximum Gasteiger partial charge on any atom is 0.238 e. The molecule has 4 N–H and O–H groups in total. The minimum Gasteiger partial charge on any atom is -0.325 e. The summed E-state index contributed by atoms with van der Waals surface area (Å²) >= 11 is 0. The van der Waals surface area contributed by atoms with Crippen molar-refractivity contribution in [3.63, 3.8) is 0 Å². The number of anilines is 1. The molecule has 0 radical (unpaired) electrons. The van der Waals surface area contributed by atoms with E-state index in [1.54, 1.807) is 19.1 Å². The first-order chi connectivity index (χ1) is 14.3. The first-order valence-corrected chi connectivity index (χ1v) is 11.1. The summed E-state index contributed by atoms with van der Waals surface area (Å²) in [5, 5.41) is 11.3. The van der Waals surface area contributed by atoms with Crippen LogP contribution in [0.1, 0.15) is 22.7 Å². The van der Waals surface area contributed by atoms with Gasteiger partial charge in [0.05, 0.1) is 11.4 Å². The van der Waals surface area contributed by atoms with Crippen molar-refractivity contribution in [2.75, 3.05) is 11.9 Å². The Hall–Kier alpha value is -3.00. The molecular formula is C23H25N3O3S. The number of sulfonamides is 1. The Labute approximate surface area is 177 Å². The lowest BCUT2D eigenvalue weighted by Crippen LogP contribution is -2.32. The van der Waals surface area contributed by atoms with Crippen molar-refractivity contribution in [2.45, 2.75) is 24.3 Å². The molecule has 0 heterocycles. The predicted octanol–water partition coefficient (Wildman–Crippen LogP) is 3.15. The van der Waals surface area contributed by atoms with E-state index in [1.807, 2.05) is 48.5 Å². The molecular weight excluding hydrogens is 398 g/mol. The first kappa shape index (κ1) is 21.7. The minimum absolute atomic E-state index is 0.000464. The average Bonchev–Trinajstić information content (AvgIpc) is 2.73. The van der Waals surface area contributed by atoms with Gasteiger partial charge in [-0.05, 0) is 42.2 Å². The number of nitrogens with one attached hydrogen (secondary N) is 2. The van der Waals surface area contributed by atoms with E-state index in [9.17, 15) is 13.2 Å². The van der Waals surface area contributed by atoms with Gasteiger partial charge in [0, 0.05) is 11.7 Å². The number of nitrogens with two attached hydrogens (primary N) is 1. The molecule has 1 unspecified atom stereocenters. The maximum atomic E-state index is 12.5. The number of aryl methyl sites for hydroxylation is 1. The van der Waals surface area contributed by atoms with Crippen LogP contribution in [0.2, 0.25) is 0 Å². The molecule has 0 saturated heterocycles. The summed E-state index contributed by atoms with van der Waals surface area (Å²) in [6, 6.07) is 24.6.